The Morgan fingerprint density at radius 2 is 2.10 bits per heavy atom. The highest BCUT2D eigenvalue weighted by molar-refractivity contribution is 5.75. The molecule has 1 amide bonds. The lowest BCUT2D eigenvalue weighted by molar-refractivity contribution is 0.165. The maximum absolute atomic E-state index is 10.5. The van der Waals surface area contributed by atoms with E-state index in [4.69, 9.17) is 0 Å². The van der Waals surface area contributed by atoms with Gasteiger partial charge in [0.2, 0.25) is 6.29 Å². The Kier molecular flexibility index (Phi) is 2.86. The van der Waals surface area contributed by atoms with Crippen molar-refractivity contribution < 1.29 is 14.3 Å². The van der Waals surface area contributed by atoms with Crippen LogP contribution in [0.15, 0.2) is 0 Å². The van der Waals surface area contributed by atoms with Crippen LogP contribution in [0.25, 0.3) is 0 Å². The molecule has 1 N–H and O–H groups in total. The molecule has 1 radical (unpaired) electrons. The summed E-state index contributed by atoms with van der Waals surface area (Å²) in [5.74, 6) is 0. The van der Waals surface area contributed by atoms with E-state index in [1.54, 1.807) is 6.29 Å². The molecular formula is C6H10NO3. The van der Waals surface area contributed by atoms with Gasteiger partial charge >= 0.3 is 6.09 Å². The van der Waals surface area contributed by atoms with E-state index < -0.39 is 11.6 Å². The molecule has 0 rings (SSSR count). The average molecular weight is 144 g/mol. The van der Waals surface area contributed by atoms with Crippen LogP contribution in [-0.4, -0.2) is 25.0 Å². The molecular weight excluding hydrogens is 134 g/mol. The molecule has 0 aromatic carbocycles. The van der Waals surface area contributed by atoms with Crippen molar-refractivity contribution in [2.45, 2.75) is 19.4 Å². The van der Waals surface area contributed by atoms with Crippen molar-refractivity contribution in [1.29, 1.82) is 0 Å². The molecule has 0 aliphatic carbocycles. The van der Waals surface area contributed by atoms with Gasteiger partial charge in [0.1, 0.15) is 5.54 Å². The third-order valence-corrected chi connectivity index (χ3v) is 0.855. The summed E-state index contributed by atoms with van der Waals surface area (Å²) in [6.45, 7) is 3.05. The zero-order chi connectivity index (χ0) is 8.20. The quantitative estimate of drug-likeness (QED) is 0.603. The molecule has 0 saturated carbocycles. The lowest BCUT2D eigenvalue weighted by Gasteiger charge is -2.15. The number of carbonyl (C=O) groups is 1. The monoisotopic (exact) mass is 144 g/mol. The Bertz CT molecular complexity index is 142. The zero-order valence-corrected chi connectivity index (χ0v) is 6.22. The van der Waals surface area contributed by atoms with Gasteiger partial charge in [-0.15, -0.1) is 0 Å². The molecule has 0 spiro atoms. The average Bonchev–Trinajstić information content (AvgIpc) is 1.87. The maximum atomic E-state index is 10.5. The van der Waals surface area contributed by atoms with E-state index in [2.05, 4.69) is 10.1 Å². The summed E-state index contributed by atoms with van der Waals surface area (Å²) in [4.78, 5) is 20.6. The summed E-state index contributed by atoms with van der Waals surface area (Å²) in [7, 11) is 1.23. The second-order valence-corrected chi connectivity index (χ2v) is 2.34. The summed E-state index contributed by atoms with van der Waals surface area (Å²) < 4.78 is 4.26. The predicted octanol–water partition coefficient (Wildman–Crippen LogP) is 0.231. The fourth-order valence-electron chi connectivity index (χ4n) is 0.332. The zero-order valence-electron chi connectivity index (χ0n) is 6.22. The minimum Gasteiger partial charge on any atom is -0.453 e. The van der Waals surface area contributed by atoms with Crippen molar-refractivity contribution in [3.63, 3.8) is 0 Å². The van der Waals surface area contributed by atoms with Crippen LogP contribution >= 0.6 is 0 Å². The third-order valence-electron chi connectivity index (χ3n) is 0.855. The van der Waals surface area contributed by atoms with Crippen LogP contribution in [-0.2, 0) is 9.53 Å². The van der Waals surface area contributed by atoms with Gasteiger partial charge in [-0.2, -0.15) is 0 Å². The van der Waals surface area contributed by atoms with Gasteiger partial charge in [0.05, 0.1) is 7.11 Å². The van der Waals surface area contributed by atoms with Gasteiger partial charge < -0.3 is 10.1 Å². The molecule has 0 atom stereocenters. The predicted molar refractivity (Wildman–Crippen MR) is 35.3 cm³/mol. The van der Waals surface area contributed by atoms with Gasteiger partial charge in [-0.1, -0.05) is 0 Å². The van der Waals surface area contributed by atoms with Gasteiger partial charge in [-0.3, -0.25) is 4.79 Å². The molecule has 0 saturated heterocycles. The first kappa shape index (κ1) is 8.94. The summed E-state index contributed by atoms with van der Waals surface area (Å²) in [5.41, 5.74) is -0.965. The standard InChI is InChI=1S/C6H10NO3/c1-6(2,4-8)7-5(9)10-3/h1-3H3,(H,7,9). The number of hydrogen-bond donors (Lipinski definition) is 1. The molecule has 0 unspecified atom stereocenters. The number of methoxy groups -OCH3 is 1. The Morgan fingerprint density at radius 3 is 2.40 bits per heavy atom. The van der Waals surface area contributed by atoms with Gasteiger partial charge in [-0.05, 0) is 13.8 Å². The SMILES string of the molecule is COC(=O)NC(C)(C)[C]=O. The van der Waals surface area contributed by atoms with Crippen LogP contribution in [0.5, 0.6) is 0 Å². The molecule has 0 fully saturated rings. The number of carbonyl (C=O) groups excluding carboxylic acids is 2. The van der Waals surface area contributed by atoms with E-state index in [9.17, 15) is 9.59 Å². The molecule has 57 valence electrons. The van der Waals surface area contributed by atoms with Crippen molar-refractivity contribution in [3.8, 4) is 0 Å². The first-order valence-corrected chi connectivity index (χ1v) is 2.77. The molecule has 4 heteroatoms. The highest BCUT2D eigenvalue weighted by Crippen LogP contribution is 1.95. The Morgan fingerprint density at radius 1 is 1.60 bits per heavy atom. The van der Waals surface area contributed by atoms with Crippen LogP contribution in [0.3, 0.4) is 0 Å². The number of ether oxygens (including phenoxy) is 1. The number of hydrogen-bond acceptors (Lipinski definition) is 3. The largest absolute Gasteiger partial charge is 0.453 e. The summed E-state index contributed by atoms with van der Waals surface area (Å²) in [6.07, 6.45) is 1.01. The van der Waals surface area contributed by atoms with Crippen LogP contribution in [0.4, 0.5) is 4.79 Å². The Hall–Kier alpha value is -1.06. The van der Waals surface area contributed by atoms with Crippen molar-refractivity contribution in [2.75, 3.05) is 7.11 Å². The molecule has 0 aromatic rings. The smallest absolute Gasteiger partial charge is 0.407 e. The first-order chi connectivity index (χ1) is 4.52. The number of rotatable bonds is 2. The van der Waals surface area contributed by atoms with E-state index in [0.29, 0.717) is 0 Å². The topological polar surface area (TPSA) is 55.4 Å². The summed E-state index contributed by atoms with van der Waals surface area (Å²) >= 11 is 0. The second-order valence-electron chi connectivity index (χ2n) is 2.34. The third kappa shape index (κ3) is 3.06. The van der Waals surface area contributed by atoms with Crippen molar-refractivity contribution in [1.82, 2.24) is 5.32 Å². The van der Waals surface area contributed by atoms with Crippen molar-refractivity contribution in [3.05, 3.63) is 0 Å². The number of alkyl carbamates (subject to hydrolysis) is 1. The van der Waals surface area contributed by atoms with Crippen LogP contribution in [0.1, 0.15) is 13.8 Å². The Balaban J connectivity index is 3.88. The van der Waals surface area contributed by atoms with E-state index in [1.165, 1.54) is 21.0 Å². The van der Waals surface area contributed by atoms with Gasteiger partial charge in [-0.25, -0.2) is 4.79 Å². The maximum Gasteiger partial charge on any atom is 0.407 e. The lowest BCUT2D eigenvalue weighted by Crippen LogP contribution is -2.44. The highest BCUT2D eigenvalue weighted by atomic mass is 16.5. The highest BCUT2D eigenvalue weighted by Gasteiger charge is 2.20. The number of nitrogens with one attached hydrogen (secondary N) is 1. The van der Waals surface area contributed by atoms with Crippen LogP contribution in [0, 0.1) is 0 Å². The van der Waals surface area contributed by atoms with Crippen molar-refractivity contribution >= 4 is 12.4 Å². The molecule has 4 nitrogen and oxygen atoms in total. The lowest BCUT2D eigenvalue weighted by atomic mass is 10.1. The first-order valence-electron chi connectivity index (χ1n) is 2.77. The van der Waals surface area contributed by atoms with E-state index in [-0.39, 0.29) is 0 Å². The molecule has 0 aromatic heterocycles. The molecule has 0 bridgehead atoms. The van der Waals surface area contributed by atoms with E-state index in [0.717, 1.165) is 0 Å². The molecule has 10 heavy (non-hydrogen) atoms. The van der Waals surface area contributed by atoms with Gasteiger partial charge in [0, 0.05) is 0 Å². The summed E-state index contributed by atoms with van der Waals surface area (Å²) in [6, 6.07) is 0. The molecule has 0 heterocycles. The van der Waals surface area contributed by atoms with Gasteiger partial charge in [0.15, 0.2) is 0 Å². The normalized spacial score (nSPS) is 10.3. The van der Waals surface area contributed by atoms with Gasteiger partial charge in [0.25, 0.3) is 0 Å². The van der Waals surface area contributed by atoms with Crippen LogP contribution in [0.2, 0.25) is 0 Å². The van der Waals surface area contributed by atoms with Crippen LogP contribution < -0.4 is 5.32 Å². The fraction of sp³-hybridized carbons (Fsp3) is 0.667. The molecule has 0 aliphatic rings. The fourth-order valence-corrected chi connectivity index (χ4v) is 0.332. The Labute approximate surface area is 59.6 Å². The summed E-state index contributed by atoms with van der Waals surface area (Å²) in [5, 5.41) is 2.27. The molecule has 0 aliphatic heterocycles. The van der Waals surface area contributed by atoms with Crippen molar-refractivity contribution in [2.24, 2.45) is 0 Å². The number of amides is 1. The minimum atomic E-state index is -0.965. The second kappa shape index (κ2) is 3.20. The minimum absolute atomic E-state index is 0.631. The van der Waals surface area contributed by atoms with E-state index in [1.807, 2.05) is 0 Å². The van der Waals surface area contributed by atoms with E-state index >= 15 is 0 Å².